The van der Waals surface area contributed by atoms with Crippen molar-refractivity contribution in [3.05, 3.63) is 0 Å². The van der Waals surface area contributed by atoms with Gasteiger partial charge in [-0.15, -0.1) is 0 Å². The van der Waals surface area contributed by atoms with Crippen LogP contribution in [0.1, 0.15) is 6.92 Å². The first-order valence-electron chi connectivity index (χ1n) is 2.75. The maximum atomic E-state index is 12.2. The summed E-state index contributed by atoms with van der Waals surface area (Å²) in [6.45, 7) is -2.53. The van der Waals surface area contributed by atoms with Crippen molar-refractivity contribution in [3.63, 3.8) is 0 Å². The summed E-state index contributed by atoms with van der Waals surface area (Å²) < 4.78 is 81.7. The van der Waals surface area contributed by atoms with Gasteiger partial charge in [0.1, 0.15) is 6.67 Å². The Hall–Kier alpha value is -0.490. The average molecular weight is 198 g/mol. The van der Waals surface area contributed by atoms with Crippen molar-refractivity contribution >= 4 is 0 Å². The van der Waals surface area contributed by atoms with Gasteiger partial charge in [0.25, 0.3) is 0 Å². The van der Waals surface area contributed by atoms with E-state index in [0.29, 0.717) is 0 Å². The number of halogens is 7. The molecule has 0 aromatic carbocycles. The van der Waals surface area contributed by atoms with E-state index in [-0.39, 0.29) is 6.92 Å². The minimum atomic E-state index is -6.07. The van der Waals surface area contributed by atoms with Crippen LogP contribution in [0, 0.1) is 0 Å². The molecule has 0 aliphatic rings. The topological polar surface area (TPSA) is 0 Å². The first kappa shape index (κ1) is 11.5. The summed E-state index contributed by atoms with van der Waals surface area (Å²) in [4.78, 5) is 0. The molecule has 0 fully saturated rings. The lowest BCUT2D eigenvalue weighted by Gasteiger charge is -2.29. The van der Waals surface area contributed by atoms with Crippen LogP contribution >= 0.6 is 0 Å². The summed E-state index contributed by atoms with van der Waals surface area (Å²) in [5.74, 6) is -5.66. The maximum absolute atomic E-state index is 12.2. The normalized spacial score (nSPS) is 19.0. The van der Waals surface area contributed by atoms with E-state index < -0.39 is 24.4 Å². The summed E-state index contributed by atoms with van der Waals surface area (Å²) >= 11 is 0. The first-order chi connectivity index (χ1) is 5.06. The van der Waals surface area contributed by atoms with Gasteiger partial charge in [0.05, 0.1) is 0 Å². The Morgan fingerprint density at radius 3 is 1.33 bits per heavy atom. The van der Waals surface area contributed by atoms with E-state index >= 15 is 0 Å². The summed E-state index contributed by atoms with van der Waals surface area (Å²) in [6.07, 6.45) is -6.07. The second-order valence-corrected chi connectivity index (χ2v) is 2.40. The smallest absolute Gasteiger partial charge is 0.247 e. The maximum Gasteiger partial charge on any atom is 0.456 e. The lowest BCUT2D eigenvalue weighted by Crippen LogP contribution is -2.53. The molecule has 0 N–H and O–H groups in total. The van der Waals surface area contributed by atoms with Gasteiger partial charge in [0.15, 0.2) is 0 Å². The van der Waals surface area contributed by atoms with Crippen LogP contribution in [0.25, 0.3) is 0 Å². The van der Waals surface area contributed by atoms with Gasteiger partial charge in [-0.2, -0.15) is 22.0 Å². The molecule has 7 heteroatoms. The molecule has 0 aromatic heterocycles. The van der Waals surface area contributed by atoms with Crippen molar-refractivity contribution in [3.8, 4) is 0 Å². The lowest BCUT2D eigenvalue weighted by molar-refractivity contribution is -0.325. The van der Waals surface area contributed by atoms with Gasteiger partial charge in [-0.25, -0.2) is 8.78 Å². The molecule has 1 atom stereocenters. The highest BCUT2D eigenvalue weighted by molar-refractivity contribution is 4.94. The van der Waals surface area contributed by atoms with Crippen LogP contribution in [-0.2, 0) is 0 Å². The molecule has 0 aliphatic heterocycles. The fraction of sp³-hybridized carbons (Fsp3) is 1.00. The third-order valence-electron chi connectivity index (χ3n) is 1.26. The van der Waals surface area contributed by atoms with E-state index in [1.54, 1.807) is 0 Å². The summed E-state index contributed by atoms with van der Waals surface area (Å²) in [6, 6.07) is 0. The molecule has 74 valence electrons. The predicted octanol–water partition coefficient (Wildman–Crippen LogP) is 2.88. The molecular formula is C5H5F7. The van der Waals surface area contributed by atoms with Gasteiger partial charge < -0.3 is 0 Å². The van der Waals surface area contributed by atoms with Crippen molar-refractivity contribution in [2.24, 2.45) is 0 Å². The zero-order valence-corrected chi connectivity index (χ0v) is 5.85. The van der Waals surface area contributed by atoms with Crippen molar-refractivity contribution in [1.82, 2.24) is 0 Å². The van der Waals surface area contributed by atoms with Gasteiger partial charge in [-0.05, 0) is 6.92 Å². The number of hydrogen-bond donors (Lipinski definition) is 0. The molecule has 0 radical (unpaired) electrons. The largest absolute Gasteiger partial charge is 0.456 e. The van der Waals surface area contributed by atoms with E-state index in [1.807, 2.05) is 0 Å². The summed E-state index contributed by atoms with van der Waals surface area (Å²) in [5.41, 5.74) is -4.20. The van der Waals surface area contributed by atoms with Crippen LogP contribution < -0.4 is 0 Å². The van der Waals surface area contributed by atoms with Crippen LogP contribution in [0.15, 0.2) is 0 Å². The van der Waals surface area contributed by atoms with Gasteiger partial charge >= 0.3 is 12.1 Å². The van der Waals surface area contributed by atoms with Crippen molar-refractivity contribution in [2.45, 2.75) is 24.7 Å². The molecule has 0 aromatic rings. The van der Waals surface area contributed by atoms with E-state index in [2.05, 4.69) is 0 Å². The fourth-order valence-corrected chi connectivity index (χ4v) is 0.379. The van der Waals surface area contributed by atoms with Gasteiger partial charge in [-0.3, -0.25) is 0 Å². The van der Waals surface area contributed by atoms with Crippen molar-refractivity contribution < 1.29 is 30.7 Å². The molecule has 0 rings (SSSR count). The molecule has 0 saturated heterocycles. The molecule has 0 saturated carbocycles. The predicted molar refractivity (Wildman–Crippen MR) is 26.5 cm³/mol. The Labute approximate surface area is 63.4 Å². The second-order valence-electron chi connectivity index (χ2n) is 2.40. The monoisotopic (exact) mass is 198 g/mol. The van der Waals surface area contributed by atoms with Crippen LogP contribution in [0.5, 0.6) is 0 Å². The van der Waals surface area contributed by atoms with Crippen LogP contribution in [-0.4, -0.2) is 24.4 Å². The Kier molecular flexibility index (Phi) is 2.66. The molecule has 1 unspecified atom stereocenters. The first-order valence-corrected chi connectivity index (χ1v) is 2.75. The molecule has 0 aliphatic carbocycles. The fourth-order valence-electron chi connectivity index (χ4n) is 0.379. The quantitative estimate of drug-likeness (QED) is 0.598. The highest BCUT2D eigenvalue weighted by Gasteiger charge is 2.69. The summed E-state index contributed by atoms with van der Waals surface area (Å²) in [5, 5.41) is 0. The minimum absolute atomic E-state index is 0.138. The van der Waals surface area contributed by atoms with Crippen LogP contribution in [0.3, 0.4) is 0 Å². The summed E-state index contributed by atoms with van der Waals surface area (Å²) in [7, 11) is 0. The van der Waals surface area contributed by atoms with Crippen LogP contribution in [0.2, 0.25) is 0 Å². The van der Waals surface area contributed by atoms with Gasteiger partial charge in [-0.1, -0.05) is 0 Å². The molecule has 0 spiro atoms. The van der Waals surface area contributed by atoms with Gasteiger partial charge in [0, 0.05) is 0 Å². The molecule has 0 amide bonds. The standard InChI is InChI=1S/C5H5F7/c1-3(7,2-6)4(8,9)5(10,11)12/h2H2,1H3. The zero-order valence-electron chi connectivity index (χ0n) is 5.85. The molecule has 0 nitrogen and oxygen atoms in total. The van der Waals surface area contributed by atoms with Gasteiger partial charge in [0.2, 0.25) is 5.67 Å². The second kappa shape index (κ2) is 2.77. The SMILES string of the molecule is CC(F)(CF)C(F)(F)C(F)(F)F. The van der Waals surface area contributed by atoms with E-state index in [9.17, 15) is 30.7 Å². The Balaban J connectivity index is 4.85. The highest BCUT2D eigenvalue weighted by Crippen LogP contribution is 2.45. The van der Waals surface area contributed by atoms with Crippen LogP contribution in [0.4, 0.5) is 30.7 Å². The Bertz CT molecular complexity index is 156. The molecule has 0 bridgehead atoms. The Morgan fingerprint density at radius 1 is 0.917 bits per heavy atom. The van der Waals surface area contributed by atoms with E-state index in [4.69, 9.17) is 0 Å². The molecule has 0 heterocycles. The number of hydrogen-bond acceptors (Lipinski definition) is 0. The third-order valence-corrected chi connectivity index (χ3v) is 1.26. The van der Waals surface area contributed by atoms with E-state index in [0.717, 1.165) is 0 Å². The van der Waals surface area contributed by atoms with Crippen molar-refractivity contribution in [2.75, 3.05) is 6.67 Å². The number of alkyl halides is 7. The van der Waals surface area contributed by atoms with Crippen molar-refractivity contribution in [1.29, 1.82) is 0 Å². The highest BCUT2D eigenvalue weighted by atomic mass is 19.4. The molecule has 12 heavy (non-hydrogen) atoms. The molecular weight excluding hydrogens is 193 g/mol. The average Bonchev–Trinajstić information content (AvgIpc) is 1.85. The Morgan fingerprint density at radius 2 is 1.25 bits per heavy atom. The lowest BCUT2D eigenvalue weighted by atomic mass is 10.0. The van der Waals surface area contributed by atoms with E-state index in [1.165, 1.54) is 0 Å². The third kappa shape index (κ3) is 1.64. The zero-order chi connectivity index (χ0) is 10.2. The number of rotatable bonds is 2. The minimum Gasteiger partial charge on any atom is -0.247 e.